The molecule has 1 fully saturated rings. The smallest absolute Gasteiger partial charge is 0.254 e. The van der Waals surface area contributed by atoms with Gasteiger partial charge in [0.25, 0.3) is 5.78 Å². The van der Waals surface area contributed by atoms with E-state index in [0.717, 1.165) is 37.6 Å². The van der Waals surface area contributed by atoms with Crippen LogP contribution >= 0.6 is 0 Å². The highest BCUT2D eigenvalue weighted by molar-refractivity contribution is 5.48. The van der Waals surface area contributed by atoms with Gasteiger partial charge in [0.15, 0.2) is 0 Å². The van der Waals surface area contributed by atoms with E-state index in [1.807, 2.05) is 11.4 Å². The van der Waals surface area contributed by atoms with Crippen LogP contribution in [0.1, 0.15) is 25.5 Å². The number of hydrogen-bond acceptors (Lipinski definition) is 5. The molecule has 0 radical (unpaired) electrons. The Morgan fingerprint density at radius 2 is 2.42 bits per heavy atom. The van der Waals surface area contributed by atoms with Crippen LogP contribution in [0.3, 0.4) is 0 Å². The van der Waals surface area contributed by atoms with Crippen LogP contribution in [0.4, 0.5) is 5.82 Å². The average Bonchev–Trinajstić information content (AvgIpc) is 3.05. The second kappa shape index (κ2) is 5.13. The lowest BCUT2D eigenvalue weighted by molar-refractivity contribution is 0.608. The molecule has 1 unspecified atom stereocenters. The van der Waals surface area contributed by atoms with E-state index in [1.54, 1.807) is 6.33 Å². The first-order chi connectivity index (χ1) is 9.29. The Labute approximate surface area is 112 Å². The molecule has 1 aliphatic heterocycles. The summed E-state index contributed by atoms with van der Waals surface area (Å²) < 4.78 is 1.85. The molecule has 3 rings (SSSR count). The maximum Gasteiger partial charge on any atom is 0.254 e. The van der Waals surface area contributed by atoms with Gasteiger partial charge in [-0.1, -0.05) is 6.92 Å². The molecule has 0 amide bonds. The van der Waals surface area contributed by atoms with Crippen LogP contribution < -0.4 is 10.2 Å². The summed E-state index contributed by atoms with van der Waals surface area (Å²) in [6.07, 6.45) is 3.87. The van der Waals surface area contributed by atoms with E-state index in [9.17, 15) is 0 Å². The summed E-state index contributed by atoms with van der Waals surface area (Å²) in [5.41, 5.74) is 0.988. The van der Waals surface area contributed by atoms with E-state index in [0.29, 0.717) is 11.8 Å². The van der Waals surface area contributed by atoms with Crippen molar-refractivity contribution in [3.8, 4) is 0 Å². The van der Waals surface area contributed by atoms with Gasteiger partial charge in [0.05, 0.1) is 0 Å². The molecular weight excluding hydrogens is 240 g/mol. The molecule has 0 bridgehead atoms. The Kier molecular flexibility index (Phi) is 3.33. The molecule has 1 saturated heterocycles. The van der Waals surface area contributed by atoms with Crippen molar-refractivity contribution in [3.63, 3.8) is 0 Å². The second-order valence-electron chi connectivity index (χ2n) is 5.07. The van der Waals surface area contributed by atoms with E-state index >= 15 is 0 Å². The van der Waals surface area contributed by atoms with Gasteiger partial charge in [0, 0.05) is 30.9 Å². The molecule has 6 heteroatoms. The van der Waals surface area contributed by atoms with Crippen LogP contribution in [0.2, 0.25) is 0 Å². The zero-order valence-electron chi connectivity index (χ0n) is 11.5. The van der Waals surface area contributed by atoms with E-state index in [2.05, 4.69) is 38.3 Å². The molecule has 2 aromatic rings. The molecule has 0 spiro atoms. The number of aromatic nitrogens is 4. The molecule has 3 heterocycles. The Bertz CT molecular complexity index is 557. The molecule has 0 saturated carbocycles. The maximum absolute atomic E-state index is 4.41. The lowest BCUT2D eigenvalue weighted by Crippen LogP contribution is -2.39. The number of hydrogen-bond donors (Lipinski definition) is 1. The minimum atomic E-state index is 0.536. The molecule has 1 aliphatic rings. The summed E-state index contributed by atoms with van der Waals surface area (Å²) in [6, 6.07) is 2.64. The predicted octanol–water partition coefficient (Wildman–Crippen LogP) is 1.01. The SMILES string of the molecule is CCCN(c1cc(C)nc2ncnn12)C1CCNC1. The molecule has 1 atom stereocenters. The van der Waals surface area contributed by atoms with Crippen LogP contribution in [0.15, 0.2) is 12.4 Å². The van der Waals surface area contributed by atoms with Crippen LogP contribution in [0.5, 0.6) is 0 Å². The normalized spacial score (nSPS) is 19.2. The van der Waals surface area contributed by atoms with Crippen molar-refractivity contribution in [1.29, 1.82) is 0 Å². The molecule has 6 nitrogen and oxygen atoms in total. The Morgan fingerprint density at radius 1 is 1.53 bits per heavy atom. The van der Waals surface area contributed by atoms with E-state index in [1.165, 1.54) is 6.42 Å². The predicted molar refractivity (Wildman–Crippen MR) is 74.4 cm³/mol. The first-order valence-electron chi connectivity index (χ1n) is 6.94. The monoisotopic (exact) mass is 260 g/mol. The first-order valence-corrected chi connectivity index (χ1v) is 6.94. The Hall–Kier alpha value is -1.69. The van der Waals surface area contributed by atoms with Crippen molar-refractivity contribution < 1.29 is 0 Å². The zero-order chi connectivity index (χ0) is 13.2. The molecule has 1 N–H and O–H groups in total. The van der Waals surface area contributed by atoms with Crippen LogP contribution in [-0.4, -0.2) is 45.3 Å². The summed E-state index contributed by atoms with van der Waals surface area (Å²) in [7, 11) is 0. The van der Waals surface area contributed by atoms with Gasteiger partial charge in [-0.2, -0.15) is 14.6 Å². The zero-order valence-corrected chi connectivity index (χ0v) is 11.5. The number of anilines is 1. The van der Waals surface area contributed by atoms with Crippen molar-refractivity contribution in [3.05, 3.63) is 18.1 Å². The fourth-order valence-corrected chi connectivity index (χ4v) is 2.75. The van der Waals surface area contributed by atoms with E-state index < -0.39 is 0 Å². The summed E-state index contributed by atoms with van der Waals surface area (Å²) in [5.74, 6) is 1.79. The van der Waals surface area contributed by atoms with Crippen molar-refractivity contribution >= 4 is 11.6 Å². The van der Waals surface area contributed by atoms with Gasteiger partial charge in [0.2, 0.25) is 0 Å². The maximum atomic E-state index is 4.41. The summed E-state index contributed by atoms with van der Waals surface area (Å²) in [6.45, 7) is 7.38. The summed E-state index contributed by atoms with van der Waals surface area (Å²) in [4.78, 5) is 11.1. The number of aryl methyl sites for hydroxylation is 1. The van der Waals surface area contributed by atoms with Gasteiger partial charge in [-0.25, -0.2) is 4.98 Å². The molecule has 19 heavy (non-hydrogen) atoms. The highest BCUT2D eigenvalue weighted by Crippen LogP contribution is 2.21. The second-order valence-corrected chi connectivity index (χ2v) is 5.07. The van der Waals surface area contributed by atoms with E-state index in [4.69, 9.17) is 0 Å². The number of nitrogens with zero attached hydrogens (tertiary/aromatic N) is 5. The van der Waals surface area contributed by atoms with Gasteiger partial charge in [-0.3, -0.25) is 0 Å². The van der Waals surface area contributed by atoms with Crippen molar-refractivity contribution in [1.82, 2.24) is 24.9 Å². The minimum Gasteiger partial charge on any atom is -0.352 e. The fourth-order valence-electron chi connectivity index (χ4n) is 2.75. The standard InChI is InChI=1S/C13H20N6/c1-3-6-18(11-4-5-14-8-11)12-7-10(2)17-13-15-9-16-19(12)13/h7,9,11,14H,3-6,8H2,1-2H3. The first kappa shape index (κ1) is 12.3. The highest BCUT2D eigenvalue weighted by atomic mass is 15.4. The highest BCUT2D eigenvalue weighted by Gasteiger charge is 2.24. The quantitative estimate of drug-likeness (QED) is 0.889. The third-order valence-electron chi connectivity index (χ3n) is 3.59. The summed E-state index contributed by atoms with van der Waals surface area (Å²) >= 11 is 0. The molecule has 0 aromatic carbocycles. The van der Waals surface area contributed by atoms with Crippen molar-refractivity contribution in [2.24, 2.45) is 0 Å². The van der Waals surface area contributed by atoms with Gasteiger partial charge >= 0.3 is 0 Å². The Morgan fingerprint density at radius 3 is 3.16 bits per heavy atom. The summed E-state index contributed by atoms with van der Waals surface area (Å²) in [5, 5.41) is 7.75. The molecule has 2 aromatic heterocycles. The van der Waals surface area contributed by atoms with Gasteiger partial charge in [0.1, 0.15) is 12.1 Å². The fraction of sp³-hybridized carbons (Fsp3) is 0.615. The lowest BCUT2D eigenvalue weighted by Gasteiger charge is -2.30. The minimum absolute atomic E-state index is 0.536. The number of nitrogens with one attached hydrogen (secondary N) is 1. The third-order valence-corrected chi connectivity index (χ3v) is 3.59. The van der Waals surface area contributed by atoms with Gasteiger partial charge in [-0.15, -0.1) is 0 Å². The number of fused-ring (bicyclic) bond motifs is 1. The third kappa shape index (κ3) is 2.28. The van der Waals surface area contributed by atoms with Crippen molar-refractivity contribution in [2.45, 2.75) is 32.7 Å². The van der Waals surface area contributed by atoms with Gasteiger partial charge < -0.3 is 10.2 Å². The largest absolute Gasteiger partial charge is 0.352 e. The average molecular weight is 260 g/mol. The van der Waals surface area contributed by atoms with Gasteiger partial charge in [-0.05, 0) is 26.3 Å². The lowest BCUT2D eigenvalue weighted by atomic mass is 10.2. The molecular formula is C13H20N6. The van der Waals surface area contributed by atoms with E-state index in [-0.39, 0.29) is 0 Å². The molecule has 102 valence electrons. The number of rotatable bonds is 4. The van der Waals surface area contributed by atoms with Crippen molar-refractivity contribution in [2.75, 3.05) is 24.5 Å². The van der Waals surface area contributed by atoms with Crippen LogP contribution in [-0.2, 0) is 0 Å². The van der Waals surface area contributed by atoms with Crippen LogP contribution in [0.25, 0.3) is 5.78 Å². The Balaban J connectivity index is 2.05. The topological polar surface area (TPSA) is 58.4 Å². The van der Waals surface area contributed by atoms with Crippen LogP contribution in [0, 0.1) is 6.92 Å². The molecule has 0 aliphatic carbocycles.